The van der Waals surface area contributed by atoms with Gasteiger partial charge in [0.25, 0.3) is 0 Å². The van der Waals surface area contributed by atoms with Crippen LogP contribution in [-0.2, 0) is 0 Å². The van der Waals surface area contributed by atoms with Crippen LogP contribution in [0.3, 0.4) is 0 Å². The molecule has 1 saturated carbocycles. The van der Waals surface area contributed by atoms with E-state index in [4.69, 9.17) is 4.74 Å². The van der Waals surface area contributed by atoms with Crippen LogP contribution < -0.4 is 10.1 Å². The van der Waals surface area contributed by atoms with Crippen molar-refractivity contribution in [3.05, 3.63) is 28.7 Å². The fourth-order valence-corrected chi connectivity index (χ4v) is 2.08. The molecule has 0 aliphatic heterocycles. The number of nitrogens with one attached hydrogen (secondary N) is 1. The zero-order valence-corrected chi connectivity index (χ0v) is 11.5. The van der Waals surface area contributed by atoms with E-state index in [2.05, 4.69) is 28.2 Å². The summed E-state index contributed by atoms with van der Waals surface area (Å²) >= 11 is 3.38. The number of aliphatic hydroxyl groups excluding tert-OH is 1. The summed E-state index contributed by atoms with van der Waals surface area (Å²) in [5.74, 6) is 1.53. The number of hydrogen-bond acceptors (Lipinski definition) is 3. The first-order chi connectivity index (χ1) is 8.15. The summed E-state index contributed by atoms with van der Waals surface area (Å²) in [7, 11) is 0. The third kappa shape index (κ3) is 4.30. The monoisotopic (exact) mass is 299 g/mol. The highest BCUT2D eigenvalue weighted by molar-refractivity contribution is 9.10. The molecule has 1 aliphatic rings. The molecule has 3 atom stereocenters. The first-order valence-electron chi connectivity index (χ1n) is 5.95. The van der Waals surface area contributed by atoms with Gasteiger partial charge < -0.3 is 15.2 Å². The van der Waals surface area contributed by atoms with Crippen LogP contribution in [0.5, 0.6) is 5.75 Å². The number of rotatable bonds is 6. The number of halogens is 1. The Bertz CT molecular complexity index is 372. The van der Waals surface area contributed by atoms with Crippen LogP contribution in [0.2, 0.25) is 0 Å². The zero-order valence-electron chi connectivity index (χ0n) is 9.90. The first-order valence-corrected chi connectivity index (χ1v) is 6.74. The summed E-state index contributed by atoms with van der Waals surface area (Å²) in [6.45, 7) is 3.13. The van der Waals surface area contributed by atoms with Gasteiger partial charge in [0.1, 0.15) is 18.5 Å². The second-order valence-corrected chi connectivity index (χ2v) is 5.57. The van der Waals surface area contributed by atoms with Gasteiger partial charge in [0.2, 0.25) is 0 Å². The molecule has 1 aliphatic carbocycles. The molecule has 0 saturated heterocycles. The van der Waals surface area contributed by atoms with Gasteiger partial charge in [-0.1, -0.05) is 28.9 Å². The lowest BCUT2D eigenvalue weighted by atomic mass is 10.3. The summed E-state index contributed by atoms with van der Waals surface area (Å²) in [5, 5.41) is 13.1. The molecule has 0 amide bonds. The van der Waals surface area contributed by atoms with E-state index in [0.29, 0.717) is 19.2 Å². The highest BCUT2D eigenvalue weighted by Gasteiger charge is 2.32. The second-order valence-electron chi connectivity index (χ2n) is 4.65. The van der Waals surface area contributed by atoms with Gasteiger partial charge in [-0.2, -0.15) is 0 Å². The van der Waals surface area contributed by atoms with Gasteiger partial charge in [0.15, 0.2) is 0 Å². The smallest absolute Gasteiger partial charge is 0.120 e. The van der Waals surface area contributed by atoms with Crippen molar-refractivity contribution in [1.29, 1.82) is 0 Å². The third-order valence-electron chi connectivity index (χ3n) is 2.96. The molecule has 17 heavy (non-hydrogen) atoms. The van der Waals surface area contributed by atoms with Crippen LogP contribution >= 0.6 is 15.9 Å². The number of hydrogen-bond donors (Lipinski definition) is 2. The molecule has 0 radical (unpaired) electrons. The van der Waals surface area contributed by atoms with Crippen molar-refractivity contribution in [2.45, 2.75) is 25.5 Å². The molecule has 1 fully saturated rings. The average molecular weight is 300 g/mol. The maximum atomic E-state index is 9.74. The lowest BCUT2D eigenvalue weighted by Gasteiger charge is -2.13. The average Bonchev–Trinajstić information content (AvgIpc) is 3.00. The van der Waals surface area contributed by atoms with E-state index in [1.54, 1.807) is 0 Å². The quantitative estimate of drug-likeness (QED) is 0.846. The molecule has 0 aromatic heterocycles. The van der Waals surface area contributed by atoms with E-state index in [1.807, 2.05) is 24.3 Å². The van der Waals surface area contributed by atoms with Crippen molar-refractivity contribution >= 4 is 15.9 Å². The Morgan fingerprint density at radius 1 is 1.59 bits per heavy atom. The molecular weight excluding hydrogens is 282 g/mol. The molecule has 2 N–H and O–H groups in total. The third-order valence-corrected chi connectivity index (χ3v) is 3.46. The molecule has 0 bridgehead atoms. The van der Waals surface area contributed by atoms with Gasteiger partial charge in [-0.05, 0) is 30.5 Å². The second kappa shape index (κ2) is 5.85. The predicted octanol–water partition coefficient (Wildman–Crippen LogP) is 2.19. The van der Waals surface area contributed by atoms with Crippen molar-refractivity contribution in [3.63, 3.8) is 0 Å². The van der Waals surface area contributed by atoms with Crippen LogP contribution in [-0.4, -0.2) is 30.4 Å². The molecular formula is C13H18BrNO2. The van der Waals surface area contributed by atoms with Crippen LogP contribution in [0.1, 0.15) is 13.3 Å². The fourth-order valence-electron chi connectivity index (χ4n) is 1.70. The summed E-state index contributed by atoms with van der Waals surface area (Å²) in [4.78, 5) is 0. The van der Waals surface area contributed by atoms with E-state index < -0.39 is 6.10 Å². The SMILES string of the molecule is CC1CC1NCC(O)COc1cccc(Br)c1. The number of aliphatic hydroxyl groups is 1. The standard InChI is InChI=1S/C13H18BrNO2/c1-9-5-13(9)15-7-11(16)8-17-12-4-2-3-10(14)6-12/h2-4,6,9,11,13,15-16H,5,7-8H2,1H3. The molecule has 3 nitrogen and oxygen atoms in total. The van der Waals surface area contributed by atoms with Crippen LogP contribution in [0.4, 0.5) is 0 Å². The van der Waals surface area contributed by atoms with E-state index in [-0.39, 0.29) is 0 Å². The topological polar surface area (TPSA) is 41.5 Å². The summed E-state index contributed by atoms with van der Waals surface area (Å²) in [5.41, 5.74) is 0. The molecule has 94 valence electrons. The van der Waals surface area contributed by atoms with Crippen molar-refractivity contribution in [3.8, 4) is 5.75 Å². The van der Waals surface area contributed by atoms with Crippen LogP contribution in [0, 0.1) is 5.92 Å². The molecule has 0 spiro atoms. The predicted molar refractivity (Wildman–Crippen MR) is 71.2 cm³/mol. The Labute approximate surface area is 110 Å². The highest BCUT2D eigenvalue weighted by Crippen LogP contribution is 2.28. The van der Waals surface area contributed by atoms with E-state index in [9.17, 15) is 5.11 Å². The minimum atomic E-state index is -0.457. The fraction of sp³-hybridized carbons (Fsp3) is 0.538. The van der Waals surface area contributed by atoms with Gasteiger partial charge in [0, 0.05) is 17.1 Å². The van der Waals surface area contributed by atoms with Gasteiger partial charge >= 0.3 is 0 Å². The number of benzene rings is 1. The molecule has 1 aromatic rings. The van der Waals surface area contributed by atoms with Crippen molar-refractivity contribution in [1.82, 2.24) is 5.32 Å². The number of ether oxygens (including phenoxy) is 1. The largest absolute Gasteiger partial charge is 0.491 e. The van der Waals surface area contributed by atoms with Gasteiger partial charge in [-0.15, -0.1) is 0 Å². The Morgan fingerprint density at radius 3 is 3.00 bits per heavy atom. The van der Waals surface area contributed by atoms with Gasteiger partial charge in [0.05, 0.1) is 0 Å². The van der Waals surface area contributed by atoms with Crippen molar-refractivity contribution in [2.75, 3.05) is 13.2 Å². The van der Waals surface area contributed by atoms with Crippen LogP contribution in [0.25, 0.3) is 0 Å². The zero-order chi connectivity index (χ0) is 12.3. The summed E-state index contributed by atoms with van der Waals surface area (Å²) < 4.78 is 6.49. The van der Waals surface area contributed by atoms with Crippen LogP contribution in [0.15, 0.2) is 28.7 Å². The minimum absolute atomic E-state index is 0.324. The summed E-state index contributed by atoms with van der Waals surface area (Å²) in [6, 6.07) is 8.22. The lowest BCUT2D eigenvalue weighted by molar-refractivity contribution is 0.106. The molecule has 4 heteroatoms. The Kier molecular flexibility index (Phi) is 4.42. The van der Waals surface area contributed by atoms with E-state index in [1.165, 1.54) is 6.42 Å². The highest BCUT2D eigenvalue weighted by atomic mass is 79.9. The Morgan fingerprint density at radius 2 is 2.35 bits per heavy atom. The van der Waals surface area contributed by atoms with Crippen molar-refractivity contribution < 1.29 is 9.84 Å². The van der Waals surface area contributed by atoms with Gasteiger partial charge in [-0.25, -0.2) is 0 Å². The van der Waals surface area contributed by atoms with Gasteiger partial charge in [-0.3, -0.25) is 0 Å². The summed E-state index contributed by atoms with van der Waals surface area (Å²) in [6.07, 6.45) is 0.765. The maximum Gasteiger partial charge on any atom is 0.120 e. The van der Waals surface area contributed by atoms with Crippen molar-refractivity contribution in [2.24, 2.45) is 5.92 Å². The minimum Gasteiger partial charge on any atom is -0.491 e. The van der Waals surface area contributed by atoms with E-state index >= 15 is 0 Å². The maximum absolute atomic E-state index is 9.74. The lowest BCUT2D eigenvalue weighted by Crippen LogP contribution is -2.33. The molecule has 0 heterocycles. The first kappa shape index (κ1) is 12.9. The molecule has 2 rings (SSSR count). The Hall–Kier alpha value is -0.580. The molecule has 3 unspecified atom stereocenters. The van der Waals surface area contributed by atoms with E-state index in [0.717, 1.165) is 16.1 Å². The Balaban J connectivity index is 1.66. The normalized spacial score (nSPS) is 24.4. The molecule has 1 aromatic carbocycles.